The zero-order valence-corrected chi connectivity index (χ0v) is 11.0. The maximum absolute atomic E-state index is 9.73. The van der Waals surface area contributed by atoms with Crippen LogP contribution >= 0.6 is 11.6 Å². The summed E-state index contributed by atoms with van der Waals surface area (Å²) in [5.74, 6) is 0.321. The number of rotatable bonds is 5. The van der Waals surface area contributed by atoms with E-state index in [0.717, 1.165) is 24.9 Å². The summed E-state index contributed by atoms with van der Waals surface area (Å²) in [7, 11) is 2.08. The lowest BCUT2D eigenvalue weighted by molar-refractivity contribution is 0.219. The molecule has 0 bridgehead atoms. The summed E-state index contributed by atoms with van der Waals surface area (Å²) in [5.41, 5.74) is 0.891. The minimum Gasteiger partial charge on any atom is -0.508 e. The highest BCUT2D eigenvalue weighted by Gasteiger charge is 2.12. The Morgan fingerprint density at radius 3 is 2.50 bits per heavy atom. The van der Waals surface area contributed by atoms with Crippen LogP contribution in [-0.4, -0.2) is 23.1 Å². The maximum Gasteiger partial charge on any atom is 0.120 e. The van der Waals surface area contributed by atoms with Crippen LogP contribution in [0.2, 0.25) is 5.02 Å². The van der Waals surface area contributed by atoms with E-state index in [1.165, 1.54) is 0 Å². The van der Waals surface area contributed by atoms with E-state index in [1.807, 2.05) is 6.07 Å². The second-order valence-electron chi connectivity index (χ2n) is 4.16. The molecule has 0 fully saturated rings. The third-order valence-electron chi connectivity index (χ3n) is 3.03. The highest BCUT2D eigenvalue weighted by Crippen LogP contribution is 2.23. The lowest BCUT2D eigenvalue weighted by Crippen LogP contribution is -2.29. The predicted molar refractivity (Wildman–Crippen MR) is 69.0 cm³/mol. The first-order valence-corrected chi connectivity index (χ1v) is 6.13. The fourth-order valence-electron chi connectivity index (χ4n) is 1.99. The first-order valence-electron chi connectivity index (χ1n) is 5.76. The molecule has 0 saturated heterocycles. The molecular formula is C13H20ClNO. The Balaban J connectivity index is 2.75. The van der Waals surface area contributed by atoms with E-state index >= 15 is 0 Å². The second-order valence-corrected chi connectivity index (χ2v) is 4.59. The van der Waals surface area contributed by atoms with Crippen LogP contribution in [0.1, 0.15) is 32.3 Å². The molecule has 0 heterocycles. The van der Waals surface area contributed by atoms with Crippen molar-refractivity contribution >= 4 is 11.6 Å². The van der Waals surface area contributed by atoms with E-state index in [-0.39, 0.29) is 0 Å². The number of phenols is 1. The summed E-state index contributed by atoms with van der Waals surface area (Å²) in [4.78, 5) is 2.26. The molecule has 3 heteroatoms. The molecule has 0 radical (unpaired) electrons. The average molecular weight is 242 g/mol. The summed E-state index contributed by atoms with van der Waals surface area (Å²) in [5, 5.41) is 10.4. The zero-order chi connectivity index (χ0) is 12.1. The summed E-state index contributed by atoms with van der Waals surface area (Å²) in [6.45, 7) is 5.10. The zero-order valence-electron chi connectivity index (χ0n) is 10.2. The number of nitrogens with zero attached hydrogens (tertiary/aromatic N) is 1. The van der Waals surface area contributed by atoms with Crippen molar-refractivity contribution in [1.82, 2.24) is 4.90 Å². The quantitative estimate of drug-likeness (QED) is 0.851. The van der Waals surface area contributed by atoms with Crippen molar-refractivity contribution in [2.75, 3.05) is 7.05 Å². The van der Waals surface area contributed by atoms with Crippen molar-refractivity contribution in [3.63, 3.8) is 0 Å². The average Bonchev–Trinajstić information content (AvgIpc) is 2.25. The Morgan fingerprint density at radius 2 is 1.94 bits per heavy atom. The molecule has 0 amide bonds. The number of benzene rings is 1. The molecule has 1 N–H and O–H groups in total. The monoisotopic (exact) mass is 241 g/mol. The van der Waals surface area contributed by atoms with Gasteiger partial charge in [0.25, 0.3) is 0 Å². The molecule has 0 saturated carbocycles. The van der Waals surface area contributed by atoms with Crippen LogP contribution in [0.5, 0.6) is 5.75 Å². The van der Waals surface area contributed by atoms with Crippen molar-refractivity contribution in [2.45, 2.75) is 39.3 Å². The lowest BCUT2D eigenvalue weighted by atomic mass is 10.1. The van der Waals surface area contributed by atoms with Gasteiger partial charge in [0.05, 0.1) is 0 Å². The molecule has 0 atom stereocenters. The van der Waals surface area contributed by atoms with Crippen LogP contribution in [0.3, 0.4) is 0 Å². The van der Waals surface area contributed by atoms with Gasteiger partial charge in [-0.1, -0.05) is 25.4 Å². The number of phenolic OH excluding ortho intramolecular Hbond substituents is 1. The standard InChI is InChI=1S/C13H20ClNO/c1-4-12(5-2)15(3)9-10-8-11(14)6-7-13(10)16/h6-8,12,16H,4-5,9H2,1-3H3. The summed E-state index contributed by atoms with van der Waals surface area (Å²) in [6.07, 6.45) is 2.24. The molecule has 0 aromatic heterocycles. The van der Waals surface area contributed by atoms with E-state index in [0.29, 0.717) is 16.8 Å². The van der Waals surface area contributed by atoms with Gasteiger partial charge in [-0.15, -0.1) is 0 Å². The molecule has 16 heavy (non-hydrogen) atoms. The fraction of sp³-hybridized carbons (Fsp3) is 0.538. The third kappa shape index (κ3) is 3.39. The molecular weight excluding hydrogens is 222 g/mol. The van der Waals surface area contributed by atoms with E-state index < -0.39 is 0 Å². The van der Waals surface area contributed by atoms with Crippen LogP contribution in [0.25, 0.3) is 0 Å². The number of halogens is 1. The van der Waals surface area contributed by atoms with Crippen molar-refractivity contribution < 1.29 is 5.11 Å². The molecule has 0 unspecified atom stereocenters. The number of aromatic hydroxyl groups is 1. The lowest BCUT2D eigenvalue weighted by Gasteiger charge is -2.26. The first-order chi connectivity index (χ1) is 7.58. The van der Waals surface area contributed by atoms with Gasteiger partial charge < -0.3 is 5.11 Å². The minimum atomic E-state index is 0.321. The van der Waals surface area contributed by atoms with Crippen molar-refractivity contribution in [2.24, 2.45) is 0 Å². The van der Waals surface area contributed by atoms with Crippen molar-refractivity contribution in [3.05, 3.63) is 28.8 Å². The highest BCUT2D eigenvalue weighted by atomic mass is 35.5. The van der Waals surface area contributed by atoms with Gasteiger partial charge >= 0.3 is 0 Å². The SMILES string of the molecule is CCC(CC)N(C)Cc1cc(Cl)ccc1O. The van der Waals surface area contributed by atoms with Gasteiger partial charge in [-0.2, -0.15) is 0 Å². The summed E-state index contributed by atoms with van der Waals surface area (Å²) < 4.78 is 0. The Hall–Kier alpha value is -0.730. The van der Waals surface area contributed by atoms with E-state index in [1.54, 1.807) is 12.1 Å². The minimum absolute atomic E-state index is 0.321. The van der Waals surface area contributed by atoms with Crippen LogP contribution in [0.15, 0.2) is 18.2 Å². The van der Waals surface area contributed by atoms with Crippen molar-refractivity contribution in [1.29, 1.82) is 0 Å². The second kappa shape index (κ2) is 6.12. The van der Waals surface area contributed by atoms with Crippen LogP contribution in [0.4, 0.5) is 0 Å². The molecule has 1 aromatic carbocycles. The summed E-state index contributed by atoms with van der Waals surface area (Å²) >= 11 is 5.92. The van der Waals surface area contributed by atoms with Crippen molar-refractivity contribution in [3.8, 4) is 5.75 Å². The molecule has 0 aliphatic carbocycles. The molecule has 2 nitrogen and oxygen atoms in total. The van der Waals surface area contributed by atoms with Crippen LogP contribution in [-0.2, 0) is 6.54 Å². The molecule has 1 aromatic rings. The van der Waals surface area contributed by atoms with Crippen LogP contribution < -0.4 is 0 Å². The first kappa shape index (κ1) is 13.3. The van der Waals surface area contributed by atoms with Gasteiger partial charge in [-0.25, -0.2) is 0 Å². The summed E-state index contributed by atoms with van der Waals surface area (Å²) in [6, 6.07) is 5.74. The van der Waals surface area contributed by atoms with Crippen LogP contribution in [0, 0.1) is 0 Å². The Labute approximate surface area is 103 Å². The molecule has 0 aliphatic heterocycles. The van der Waals surface area contributed by atoms with Gasteiger partial charge in [0.2, 0.25) is 0 Å². The largest absolute Gasteiger partial charge is 0.508 e. The number of hydrogen-bond acceptors (Lipinski definition) is 2. The molecule has 0 spiro atoms. The van der Waals surface area contributed by atoms with Gasteiger partial charge in [-0.3, -0.25) is 4.90 Å². The third-order valence-corrected chi connectivity index (χ3v) is 3.26. The van der Waals surface area contributed by atoms with Gasteiger partial charge in [0, 0.05) is 23.2 Å². The topological polar surface area (TPSA) is 23.5 Å². The smallest absolute Gasteiger partial charge is 0.120 e. The van der Waals surface area contributed by atoms with Gasteiger partial charge in [-0.05, 0) is 38.1 Å². The normalized spacial score (nSPS) is 11.4. The molecule has 1 rings (SSSR count). The van der Waals surface area contributed by atoms with E-state index in [4.69, 9.17) is 11.6 Å². The van der Waals surface area contributed by atoms with E-state index in [2.05, 4.69) is 25.8 Å². The van der Waals surface area contributed by atoms with Gasteiger partial charge in [0.15, 0.2) is 0 Å². The Morgan fingerprint density at radius 1 is 1.31 bits per heavy atom. The predicted octanol–water partition coefficient (Wildman–Crippen LogP) is 3.67. The highest BCUT2D eigenvalue weighted by molar-refractivity contribution is 6.30. The number of hydrogen-bond donors (Lipinski definition) is 1. The molecule has 0 aliphatic rings. The van der Waals surface area contributed by atoms with E-state index in [9.17, 15) is 5.11 Å². The maximum atomic E-state index is 9.73. The Kier molecular flexibility index (Phi) is 5.10. The Bertz CT molecular complexity index is 337. The molecule has 90 valence electrons. The van der Waals surface area contributed by atoms with Gasteiger partial charge in [0.1, 0.15) is 5.75 Å². The fourth-order valence-corrected chi connectivity index (χ4v) is 2.19.